The maximum absolute atomic E-state index is 14.3. The molecule has 0 bridgehead atoms. The van der Waals surface area contributed by atoms with Gasteiger partial charge < -0.3 is 5.32 Å². The van der Waals surface area contributed by atoms with Crippen molar-refractivity contribution in [2.75, 3.05) is 6.54 Å². The van der Waals surface area contributed by atoms with Gasteiger partial charge in [0, 0.05) is 19.0 Å². The predicted octanol–water partition coefficient (Wildman–Crippen LogP) is 6.20. The van der Waals surface area contributed by atoms with Crippen LogP contribution in [-0.2, 0) is 0 Å². The fraction of sp³-hybridized carbons (Fsp3) is 0.250. The van der Waals surface area contributed by atoms with Crippen LogP contribution in [0.1, 0.15) is 30.5 Å². The molecule has 0 saturated carbocycles. The molecule has 1 N–H and O–H groups in total. The van der Waals surface area contributed by atoms with Crippen molar-refractivity contribution < 1.29 is 4.39 Å². The lowest BCUT2D eigenvalue weighted by Crippen LogP contribution is -2.24. The van der Waals surface area contributed by atoms with E-state index in [0.29, 0.717) is 5.56 Å². The smallest absolute Gasteiger partial charge is 0.128 e. The first-order valence-electron chi connectivity index (χ1n) is 6.66. The Bertz CT molecular complexity index is 579. The zero-order valence-corrected chi connectivity index (χ0v) is 16.2. The van der Waals surface area contributed by atoms with E-state index in [0.717, 1.165) is 31.9 Å². The summed E-state index contributed by atoms with van der Waals surface area (Å²) in [5, 5.41) is 3.43. The third-order valence-electron chi connectivity index (χ3n) is 3.14. The molecule has 2 aromatic rings. The SMILES string of the molecule is CCCNC(c1cc(Br)ccc1F)c1cc(Br)ccc1Br. The topological polar surface area (TPSA) is 12.0 Å². The fourth-order valence-corrected chi connectivity index (χ4v) is 3.38. The first-order chi connectivity index (χ1) is 10.0. The first-order valence-corrected chi connectivity index (χ1v) is 9.04. The minimum Gasteiger partial charge on any atom is -0.306 e. The Balaban J connectivity index is 2.52. The Hall–Kier alpha value is -0.230. The van der Waals surface area contributed by atoms with Crippen LogP contribution in [0.4, 0.5) is 4.39 Å². The lowest BCUT2D eigenvalue weighted by molar-refractivity contribution is 0.545. The van der Waals surface area contributed by atoms with Crippen LogP contribution >= 0.6 is 47.8 Å². The van der Waals surface area contributed by atoms with Crippen molar-refractivity contribution in [2.24, 2.45) is 0 Å². The van der Waals surface area contributed by atoms with Crippen molar-refractivity contribution in [3.63, 3.8) is 0 Å². The van der Waals surface area contributed by atoms with Gasteiger partial charge in [0.15, 0.2) is 0 Å². The second-order valence-corrected chi connectivity index (χ2v) is 7.40. The first kappa shape index (κ1) is 17.1. The molecule has 1 nitrogen and oxygen atoms in total. The summed E-state index contributed by atoms with van der Waals surface area (Å²) >= 11 is 10.5. The predicted molar refractivity (Wildman–Crippen MR) is 96.1 cm³/mol. The van der Waals surface area contributed by atoms with Crippen LogP contribution in [-0.4, -0.2) is 6.54 Å². The number of benzene rings is 2. The molecule has 1 atom stereocenters. The van der Waals surface area contributed by atoms with Crippen LogP contribution in [0, 0.1) is 5.82 Å². The minimum atomic E-state index is -0.210. The van der Waals surface area contributed by atoms with E-state index < -0.39 is 0 Å². The van der Waals surface area contributed by atoms with E-state index in [9.17, 15) is 4.39 Å². The molecule has 0 aliphatic rings. The van der Waals surface area contributed by atoms with Crippen molar-refractivity contribution in [1.82, 2.24) is 5.32 Å². The highest BCUT2D eigenvalue weighted by Crippen LogP contribution is 2.33. The highest BCUT2D eigenvalue weighted by molar-refractivity contribution is 9.11. The van der Waals surface area contributed by atoms with Crippen molar-refractivity contribution in [1.29, 1.82) is 0 Å². The summed E-state index contributed by atoms with van der Waals surface area (Å²) in [4.78, 5) is 0. The van der Waals surface area contributed by atoms with Crippen molar-refractivity contribution in [2.45, 2.75) is 19.4 Å². The molecule has 0 saturated heterocycles. The van der Waals surface area contributed by atoms with Gasteiger partial charge >= 0.3 is 0 Å². The van der Waals surface area contributed by atoms with Gasteiger partial charge in [-0.3, -0.25) is 0 Å². The molecule has 21 heavy (non-hydrogen) atoms. The van der Waals surface area contributed by atoms with E-state index in [1.807, 2.05) is 24.3 Å². The van der Waals surface area contributed by atoms with Crippen LogP contribution in [0.25, 0.3) is 0 Å². The van der Waals surface area contributed by atoms with Crippen molar-refractivity contribution in [3.05, 3.63) is 66.8 Å². The summed E-state index contributed by atoms with van der Waals surface area (Å²) in [6.07, 6.45) is 0.984. The Morgan fingerprint density at radius 2 is 1.62 bits per heavy atom. The van der Waals surface area contributed by atoms with E-state index in [1.54, 1.807) is 6.07 Å². The highest BCUT2D eigenvalue weighted by Gasteiger charge is 2.20. The van der Waals surface area contributed by atoms with Crippen molar-refractivity contribution >= 4 is 47.8 Å². The fourth-order valence-electron chi connectivity index (χ4n) is 2.15. The lowest BCUT2D eigenvalue weighted by atomic mass is 9.98. The van der Waals surface area contributed by atoms with Gasteiger partial charge in [-0.25, -0.2) is 4.39 Å². The van der Waals surface area contributed by atoms with Gasteiger partial charge in [0.1, 0.15) is 5.82 Å². The average molecular weight is 480 g/mol. The van der Waals surface area contributed by atoms with E-state index >= 15 is 0 Å². The van der Waals surface area contributed by atoms with E-state index in [1.165, 1.54) is 6.07 Å². The zero-order valence-electron chi connectivity index (χ0n) is 11.5. The molecule has 0 aliphatic carbocycles. The number of nitrogens with one attached hydrogen (secondary N) is 1. The monoisotopic (exact) mass is 477 g/mol. The molecular weight excluding hydrogens is 465 g/mol. The average Bonchev–Trinajstić information content (AvgIpc) is 2.46. The number of rotatable bonds is 5. The maximum atomic E-state index is 14.3. The van der Waals surface area contributed by atoms with E-state index in [-0.39, 0.29) is 11.9 Å². The molecule has 1 unspecified atom stereocenters. The van der Waals surface area contributed by atoms with E-state index in [2.05, 4.69) is 60.0 Å². The molecule has 0 radical (unpaired) electrons. The molecule has 0 aromatic heterocycles. The van der Waals surface area contributed by atoms with Crippen LogP contribution in [0.3, 0.4) is 0 Å². The minimum absolute atomic E-state index is 0.200. The van der Waals surface area contributed by atoms with Crippen LogP contribution in [0.5, 0.6) is 0 Å². The van der Waals surface area contributed by atoms with Crippen molar-refractivity contribution in [3.8, 4) is 0 Å². The van der Waals surface area contributed by atoms with Gasteiger partial charge in [-0.2, -0.15) is 0 Å². The molecule has 5 heteroatoms. The molecule has 0 aliphatic heterocycles. The number of halogens is 4. The molecule has 2 aromatic carbocycles. The van der Waals surface area contributed by atoms with E-state index in [4.69, 9.17) is 0 Å². The third kappa shape index (κ3) is 4.38. The summed E-state index contributed by atoms with van der Waals surface area (Å²) in [6, 6.07) is 10.8. The van der Waals surface area contributed by atoms with Crippen LogP contribution < -0.4 is 5.32 Å². The molecule has 0 amide bonds. The summed E-state index contributed by atoms with van der Waals surface area (Å²) in [7, 11) is 0. The molecule has 0 heterocycles. The quantitative estimate of drug-likeness (QED) is 0.538. The Morgan fingerprint density at radius 1 is 1.00 bits per heavy atom. The maximum Gasteiger partial charge on any atom is 0.128 e. The summed E-state index contributed by atoms with van der Waals surface area (Å²) < 4.78 is 17.1. The standard InChI is InChI=1S/C16H15Br3FN/c1-2-7-21-16(12-8-10(17)3-5-14(12)19)13-9-11(18)4-6-15(13)20/h3-6,8-9,16,21H,2,7H2,1H3. The largest absolute Gasteiger partial charge is 0.306 e. The molecule has 0 spiro atoms. The van der Waals surface area contributed by atoms with Gasteiger partial charge in [0.2, 0.25) is 0 Å². The molecule has 0 fully saturated rings. The Labute approximate surface area is 149 Å². The number of hydrogen-bond donors (Lipinski definition) is 1. The highest BCUT2D eigenvalue weighted by atomic mass is 79.9. The van der Waals surface area contributed by atoms with Gasteiger partial charge in [-0.1, -0.05) is 54.7 Å². The normalized spacial score (nSPS) is 12.4. The van der Waals surface area contributed by atoms with Crippen LogP contribution in [0.2, 0.25) is 0 Å². The number of hydrogen-bond acceptors (Lipinski definition) is 1. The van der Waals surface area contributed by atoms with Gasteiger partial charge in [0.25, 0.3) is 0 Å². The third-order valence-corrected chi connectivity index (χ3v) is 4.85. The van der Waals surface area contributed by atoms with Gasteiger partial charge in [0.05, 0.1) is 6.04 Å². The van der Waals surface area contributed by atoms with Crippen LogP contribution in [0.15, 0.2) is 49.8 Å². The summed E-state index contributed by atoms with van der Waals surface area (Å²) in [5.41, 5.74) is 1.64. The zero-order chi connectivity index (χ0) is 15.4. The Morgan fingerprint density at radius 3 is 2.29 bits per heavy atom. The summed E-state index contributed by atoms with van der Waals surface area (Å²) in [5.74, 6) is -0.210. The second-order valence-electron chi connectivity index (χ2n) is 4.72. The second kappa shape index (κ2) is 7.86. The van der Waals surface area contributed by atoms with Gasteiger partial charge in [-0.15, -0.1) is 0 Å². The molecule has 112 valence electrons. The molecule has 2 rings (SSSR count). The summed E-state index contributed by atoms with van der Waals surface area (Å²) in [6.45, 7) is 2.91. The Kier molecular flexibility index (Phi) is 6.41. The lowest BCUT2D eigenvalue weighted by Gasteiger charge is -2.22. The molecular formula is C16H15Br3FN. The van der Waals surface area contributed by atoms with Gasteiger partial charge in [-0.05, 0) is 54.9 Å².